The quantitative estimate of drug-likeness (QED) is 0.803. The van der Waals surface area contributed by atoms with Gasteiger partial charge in [-0.25, -0.2) is 4.79 Å². The van der Waals surface area contributed by atoms with E-state index in [0.717, 1.165) is 12.0 Å². The number of aryl methyl sites for hydroxylation is 1. The van der Waals surface area contributed by atoms with E-state index in [0.29, 0.717) is 12.2 Å². The lowest BCUT2D eigenvalue weighted by Gasteiger charge is -2.22. The molecule has 0 atom stereocenters. The van der Waals surface area contributed by atoms with Crippen LogP contribution in [0.25, 0.3) is 0 Å². The van der Waals surface area contributed by atoms with Crippen LogP contribution in [0.5, 0.6) is 11.5 Å². The first kappa shape index (κ1) is 16.3. The molecule has 0 aliphatic heterocycles. The van der Waals surface area contributed by atoms with Gasteiger partial charge in [0.1, 0.15) is 17.1 Å². The van der Waals surface area contributed by atoms with E-state index in [-0.39, 0.29) is 23.3 Å². The summed E-state index contributed by atoms with van der Waals surface area (Å²) in [6, 6.07) is 3.44. The standard InChI is InChI=1S/C15H22O5/c1-15(2,9-16)8-7-10-5-6-11(19-3)12(14(17)18)13(10)20-4/h5-6,16H,7-9H2,1-4H3,(H,17,18). The molecular weight excluding hydrogens is 260 g/mol. The molecule has 0 unspecified atom stereocenters. The summed E-state index contributed by atoms with van der Waals surface area (Å²) in [7, 11) is 2.87. The molecule has 0 bridgehead atoms. The van der Waals surface area contributed by atoms with E-state index in [1.165, 1.54) is 14.2 Å². The van der Waals surface area contributed by atoms with Gasteiger partial charge in [-0.1, -0.05) is 19.9 Å². The molecule has 0 saturated heterocycles. The van der Waals surface area contributed by atoms with Crippen LogP contribution in [0, 0.1) is 5.41 Å². The van der Waals surface area contributed by atoms with Crippen LogP contribution in [0.15, 0.2) is 12.1 Å². The number of aliphatic hydroxyl groups excluding tert-OH is 1. The Morgan fingerprint density at radius 3 is 2.35 bits per heavy atom. The fraction of sp³-hybridized carbons (Fsp3) is 0.533. The van der Waals surface area contributed by atoms with Crippen LogP contribution >= 0.6 is 0 Å². The van der Waals surface area contributed by atoms with Gasteiger partial charge in [0.2, 0.25) is 0 Å². The number of aromatic carboxylic acids is 1. The highest BCUT2D eigenvalue weighted by atomic mass is 16.5. The molecule has 5 heteroatoms. The maximum Gasteiger partial charge on any atom is 0.343 e. The van der Waals surface area contributed by atoms with Crippen molar-refractivity contribution in [2.45, 2.75) is 26.7 Å². The molecule has 5 nitrogen and oxygen atoms in total. The Balaban J connectivity index is 3.15. The Morgan fingerprint density at radius 1 is 1.25 bits per heavy atom. The van der Waals surface area contributed by atoms with Gasteiger partial charge in [0, 0.05) is 6.61 Å². The molecule has 0 aliphatic rings. The zero-order valence-corrected chi connectivity index (χ0v) is 12.4. The van der Waals surface area contributed by atoms with E-state index in [9.17, 15) is 15.0 Å². The largest absolute Gasteiger partial charge is 0.496 e. The number of methoxy groups -OCH3 is 2. The van der Waals surface area contributed by atoms with Crippen LogP contribution in [0.3, 0.4) is 0 Å². The molecule has 0 amide bonds. The number of carbonyl (C=O) groups is 1. The molecule has 2 N–H and O–H groups in total. The SMILES string of the molecule is COc1ccc(CCC(C)(C)CO)c(OC)c1C(=O)O. The molecule has 112 valence electrons. The summed E-state index contributed by atoms with van der Waals surface area (Å²) in [5.41, 5.74) is 0.621. The fourth-order valence-corrected chi connectivity index (χ4v) is 1.96. The van der Waals surface area contributed by atoms with Crippen LogP contribution in [-0.2, 0) is 6.42 Å². The van der Waals surface area contributed by atoms with Gasteiger partial charge in [-0.3, -0.25) is 0 Å². The van der Waals surface area contributed by atoms with Crippen LogP contribution in [-0.4, -0.2) is 37.0 Å². The minimum Gasteiger partial charge on any atom is -0.496 e. The maximum atomic E-state index is 11.4. The first-order chi connectivity index (χ1) is 9.36. The summed E-state index contributed by atoms with van der Waals surface area (Å²) in [6.07, 6.45) is 1.35. The van der Waals surface area contributed by atoms with Crippen molar-refractivity contribution in [2.75, 3.05) is 20.8 Å². The molecular formula is C15H22O5. The summed E-state index contributed by atoms with van der Waals surface area (Å²) in [4.78, 5) is 11.4. The van der Waals surface area contributed by atoms with Crippen LogP contribution in [0.2, 0.25) is 0 Å². The molecule has 0 saturated carbocycles. The number of benzene rings is 1. The van der Waals surface area contributed by atoms with E-state index >= 15 is 0 Å². The number of ether oxygens (including phenoxy) is 2. The van der Waals surface area contributed by atoms with Gasteiger partial charge >= 0.3 is 5.97 Å². The third kappa shape index (κ3) is 3.63. The van der Waals surface area contributed by atoms with Crippen molar-refractivity contribution in [1.29, 1.82) is 0 Å². The average Bonchev–Trinajstić information content (AvgIpc) is 2.43. The average molecular weight is 282 g/mol. The molecule has 20 heavy (non-hydrogen) atoms. The van der Waals surface area contributed by atoms with Gasteiger partial charge in [-0.2, -0.15) is 0 Å². The van der Waals surface area contributed by atoms with Crippen LogP contribution < -0.4 is 9.47 Å². The van der Waals surface area contributed by atoms with Crippen molar-refractivity contribution in [1.82, 2.24) is 0 Å². The Morgan fingerprint density at radius 2 is 1.90 bits per heavy atom. The van der Waals surface area contributed by atoms with Crippen molar-refractivity contribution >= 4 is 5.97 Å². The summed E-state index contributed by atoms with van der Waals surface area (Å²) < 4.78 is 10.3. The Hall–Kier alpha value is -1.75. The lowest BCUT2D eigenvalue weighted by atomic mass is 9.86. The van der Waals surface area contributed by atoms with Crippen molar-refractivity contribution in [3.05, 3.63) is 23.3 Å². The third-order valence-corrected chi connectivity index (χ3v) is 3.34. The smallest absolute Gasteiger partial charge is 0.343 e. The molecule has 1 rings (SSSR count). The highest BCUT2D eigenvalue weighted by Gasteiger charge is 2.23. The molecule has 0 heterocycles. The monoisotopic (exact) mass is 282 g/mol. The summed E-state index contributed by atoms with van der Waals surface area (Å²) in [5, 5.41) is 18.6. The Labute approximate surface area is 119 Å². The minimum atomic E-state index is -1.08. The first-order valence-electron chi connectivity index (χ1n) is 6.44. The van der Waals surface area contributed by atoms with E-state index in [1.54, 1.807) is 12.1 Å². The minimum absolute atomic E-state index is 0.0364. The van der Waals surface area contributed by atoms with Crippen LogP contribution in [0.1, 0.15) is 36.2 Å². The van der Waals surface area contributed by atoms with Crippen molar-refractivity contribution < 1.29 is 24.5 Å². The van der Waals surface area contributed by atoms with E-state index < -0.39 is 5.97 Å². The predicted octanol–water partition coefficient (Wildman–Crippen LogP) is 2.35. The Bertz CT molecular complexity index is 479. The van der Waals surface area contributed by atoms with Crippen molar-refractivity contribution in [2.24, 2.45) is 5.41 Å². The normalized spacial score (nSPS) is 11.2. The highest BCUT2D eigenvalue weighted by Crippen LogP contribution is 2.34. The van der Waals surface area contributed by atoms with Gasteiger partial charge in [0.05, 0.1) is 14.2 Å². The molecule has 0 fully saturated rings. The van der Waals surface area contributed by atoms with Gasteiger partial charge in [0.25, 0.3) is 0 Å². The number of carboxylic acids is 1. The second kappa shape index (κ2) is 6.61. The van der Waals surface area contributed by atoms with Crippen molar-refractivity contribution in [3.8, 4) is 11.5 Å². The number of hydrogen-bond acceptors (Lipinski definition) is 4. The summed E-state index contributed by atoms with van der Waals surface area (Å²) in [5.74, 6) is -0.480. The summed E-state index contributed by atoms with van der Waals surface area (Å²) >= 11 is 0. The van der Waals surface area contributed by atoms with E-state index in [4.69, 9.17) is 9.47 Å². The number of aliphatic hydroxyl groups is 1. The second-order valence-electron chi connectivity index (χ2n) is 5.46. The molecule has 0 aliphatic carbocycles. The van der Waals surface area contributed by atoms with Crippen molar-refractivity contribution in [3.63, 3.8) is 0 Å². The topological polar surface area (TPSA) is 76.0 Å². The molecule has 1 aromatic carbocycles. The zero-order valence-electron chi connectivity index (χ0n) is 12.4. The number of rotatable bonds is 7. The molecule has 0 radical (unpaired) electrons. The lowest BCUT2D eigenvalue weighted by Crippen LogP contribution is -2.18. The fourth-order valence-electron chi connectivity index (χ4n) is 1.96. The lowest BCUT2D eigenvalue weighted by molar-refractivity contribution is 0.0689. The third-order valence-electron chi connectivity index (χ3n) is 3.34. The second-order valence-corrected chi connectivity index (χ2v) is 5.46. The van der Waals surface area contributed by atoms with Gasteiger partial charge in [-0.15, -0.1) is 0 Å². The van der Waals surface area contributed by atoms with E-state index in [1.807, 2.05) is 13.8 Å². The van der Waals surface area contributed by atoms with Gasteiger partial charge < -0.3 is 19.7 Å². The number of hydrogen-bond donors (Lipinski definition) is 2. The summed E-state index contributed by atoms with van der Waals surface area (Å²) in [6.45, 7) is 4.00. The van der Waals surface area contributed by atoms with Crippen LogP contribution in [0.4, 0.5) is 0 Å². The molecule has 0 aromatic heterocycles. The highest BCUT2D eigenvalue weighted by molar-refractivity contribution is 5.94. The maximum absolute atomic E-state index is 11.4. The number of carboxylic acid groups (broad SMARTS) is 1. The van der Waals surface area contributed by atoms with Gasteiger partial charge in [0.15, 0.2) is 0 Å². The predicted molar refractivity (Wildman–Crippen MR) is 75.7 cm³/mol. The Kier molecular flexibility index (Phi) is 5.39. The van der Waals surface area contributed by atoms with E-state index in [2.05, 4.69) is 0 Å². The molecule has 1 aromatic rings. The van der Waals surface area contributed by atoms with Gasteiger partial charge in [-0.05, 0) is 29.9 Å². The molecule has 0 spiro atoms. The first-order valence-corrected chi connectivity index (χ1v) is 6.44. The zero-order chi connectivity index (χ0) is 15.3.